The number of aryl methyl sites for hydroxylation is 2. The van der Waals surface area contributed by atoms with Crippen LogP contribution in [0.3, 0.4) is 0 Å². The lowest BCUT2D eigenvalue weighted by atomic mass is 10.0. The van der Waals surface area contributed by atoms with Crippen molar-refractivity contribution in [1.82, 2.24) is 0 Å². The van der Waals surface area contributed by atoms with E-state index in [2.05, 4.69) is 5.32 Å². The van der Waals surface area contributed by atoms with Gasteiger partial charge in [0, 0.05) is 16.3 Å². The third-order valence-corrected chi connectivity index (χ3v) is 5.68. The maximum absolute atomic E-state index is 13.1. The van der Waals surface area contributed by atoms with Crippen LogP contribution in [0.25, 0.3) is 0 Å². The Kier molecular flexibility index (Phi) is 4.92. The molecule has 0 spiro atoms. The van der Waals surface area contributed by atoms with Crippen LogP contribution in [0.1, 0.15) is 47.8 Å². The summed E-state index contributed by atoms with van der Waals surface area (Å²) in [6.07, 6.45) is 0. The van der Waals surface area contributed by atoms with Crippen molar-refractivity contribution in [2.75, 3.05) is 10.2 Å². The molecule has 0 atom stereocenters. The van der Waals surface area contributed by atoms with E-state index in [1.807, 2.05) is 39.0 Å². The van der Waals surface area contributed by atoms with Gasteiger partial charge in [0.25, 0.3) is 17.7 Å². The SMILES string of the molecule is Cc1ccc(C)c(N2C(=O)c3ccc(C(=O)Nc4cccc(Cl)c4C)cc3C2=O)c1. The quantitative estimate of drug-likeness (QED) is 0.585. The van der Waals surface area contributed by atoms with Gasteiger partial charge in [-0.15, -0.1) is 0 Å². The summed E-state index contributed by atoms with van der Waals surface area (Å²) < 4.78 is 0. The van der Waals surface area contributed by atoms with Crippen LogP contribution in [0.15, 0.2) is 54.6 Å². The first-order valence-electron chi connectivity index (χ1n) is 9.44. The molecule has 0 aromatic heterocycles. The first kappa shape index (κ1) is 19.9. The normalized spacial score (nSPS) is 12.9. The Bertz CT molecular complexity index is 1230. The molecule has 1 aliphatic rings. The third-order valence-electron chi connectivity index (χ3n) is 5.27. The minimum absolute atomic E-state index is 0.219. The molecule has 0 radical (unpaired) electrons. The smallest absolute Gasteiger partial charge is 0.266 e. The highest BCUT2D eigenvalue weighted by Gasteiger charge is 2.37. The zero-order valence-corrected chi connectivity index (χ0v) is 17.5. The van der Waals surface area contributed by atoms with Crippen molar-refractivity contribution < 1.29 is 14.4 Å². The Morgan fingerprint density at radius 3 is 2.40 bits per heavy atom. The molecule has 3 aromatic rings. The predicted molar refractivity (Wildman–Crippen MR) is 118 cm³/mol. The number of carbonyl (C=O) groups is 3. The average Bonchev–Trinajstić information content (AvgIpc) is 2.97. The van der Waals surface area contributed by atoms with Crippen LogP contribution in [-0.2, 0) is 0 Å². The molecule has 0 bridgehead atoms. The molecule has 6 heteroatoms. The van der Waals surface area contributed by atoms with E-state index in [9.17, 15) is 14.4 Å². The van der Waals surface area contributed by atoms with Crippen molar-refractivity contribution in [1.29, 1.82) is 0 Å². The van der Waals surface area contributed by atoms with Gasteiger partial charge in [0.2, 0.25) is 0 Å². The van der Waals surface area contributed by atoms with Crippen molar-refractivity contribution in [2.24, 2.45) is 0 Å². The number of hydrogen-bond donors (Lipinski definition) is 1. The van der Waals surface area contributed by atoms with E-state index < -0.39 is 5.91 Å². The summed E-state index contributed by atoms with van der Waals surface area (Å²) in [5.41, 5.74) is 4.47. The standard InChI is InChI=1S/C24H19ClN2O3/c1-13-7-8-14(2)21(11-13)27-23(29)17-10-9-16(12-18(17)24(27)30)22(28)26-20-6-4-5-19(25)15(20)3/h4-12H,1-3H3,(H,26,28). The monoisotopic (exact) mass is 418 g/mol. The van der Waals surface area contributed by atoms with E-state index in [1.54, 1.807) is 24.3 Å². The summed E-state index contributed by atoms with van der Waals surface area (Å²) in [6, 6.07) is 15.4. The molecule has 5 nitrogen and oxygen atoms in total. The third kappa shape index (κ3) is 3.27. The second kappa shape index (κ2) is 7.43. The van der Waals surface area contributed by atoms with Gasteiger partial charge in [-0.25, -0.2) is 4.90 Å². The number of nitrogens with one attached hydrogen (secondary N) is 1. The van der Waals surface area contributed by atoms with E-state index in [-0.39, 0.29) is 28.5 Å². The number of carbonyl (C=O) groups excluding carboxylic acids is 3. The Labute approximate surface area is 179 Å². The molecular formula is C24H19ClN2O3. The Morgan fingerprint density at radius 1 is 0.900 bits per heavy atom. The van der Waals surface area contributed by atoms with Gasteiger partial charge in [-0.1, -0.05) is 29.8 Å². The van der Waals surface area contributed by atoms with Crippen LogP contribution in [0.4, 0.5) is 11.4 Å². The van der Waals surface area contributed by atoms with Crippen molar-refractivity contribution in [3.8, 4) is 0 Å². The van der Waals surface area contributed by atoms with Crippen LogP contribution in [0.5, 0.6) is 0 Å². The molecule has 3 amide bonds. The highest BCUT2D eigenvalue weighted by Crippen LogP contribution is 2.32. The molecular weight excluding hydrogens is 400 g/mol. The molecule has 1 aliphatic heterocycles. The lowest BCUT2D eigenvalue weighted by Crippen LogP contribution is -2.30. The summed E-state index contributed by atoms with van der Waals surface area (Å²) in [6.45, 7) is 5.57. The Morgan fingerprint density at radius 2 is 1.63 bits per heavy atom. The van der Waals surface area contributed by atoms with Gasteiger partial charge in [-0.2, -0.15) is 0 Å². The molecule has 0 saturated heterocycles. The minimum atomic E-state index is -0.433. The number of imide groups is 1. The average molecular weight is 419 g/mol. The van der Waals surface area contributed by atoms with Gasteiger partial charge < -0.3 is 5.32 Å². The van der Waals surface area contributed by atoms with Gasteiger partial charge in [0.15, 0.2) is 0 Å². The first-order chi connectivity index (χ1) is 14.3. The maximum atomic E-state index is 13.1. The van der Waals surface area contributed by atoms with E-state index in [4.69, 9.17) is 11.6 Å². The van der Waals surface area contributed by atoms with Crippen LogP contribution in [0, 0.1) is 20.8 Å². The molecule has 3 aromatic carbocycles. The number of fused-ring (bicyclic) bond motifs is 1. The van der Waals surface area contributed by atoms with Crippen LogP contribution in [-0.4, -0.2) is 17.7 Å². The van der Waals surface area contributed by atoms with Crippen LogP contribution >= 0.6 is 11.6 Å². The molecule has 1 heterocycles. The number of halogens is 1. The van der Waals surface area contributed by atoms with Crippen LogP contribution < -0.4 is 10.2 Å². The topological polar surface area (TPSA) is 66.5 Å². The summed E-state index contributed by atoms with van der Waals surface area (Å²) in [5, 5.41) is 3.36. The van der Waals surface area contributed by atoms with Crippen molar-refractivity contribution in [2.45, 2.75) is 20.8 Å². The Hall–Kier alpha value is -3.44. The van der Waals surface area contributed by atoms with E-state index >= 15 is 0 Å². The second-order valence-corrected chi connectivity index (χ2v) is 7.77. The second-order valence-electron chi connectivity index (χ2n) is 7.36. The fraction of sp³-hybridized carbons (Fsp3) is 0.125. The number of rotatable bonds is 3. The van der Waals surface area contributed by atoms with Crippen molar-refractivity contribution >= 4 is 40.7 Å². The van der Waals surface area contributed by atoms with Gasteiger partial charge in [0.05, 0.1) is 16.8 Å². The van der Waals surface area contributed by atoms with Crippen LogP contribution in [0.2, 0.25) is 5.02 Å². The van der Waals surface area contributed by atoms with E-state index in [1.165, 1.54) is 17.0 Å². The number of amides is 3. The molecule has 0 unspecified atom stereocenters. The zero-order chi connectivity index (χ0) is 21.6. The fourth-order valence-corrected chi connectivity index (χ4v) is 3.67. The summed E-state index contributed by atoms with van der Waals surface area (Å²) in [7, 11) is 0. The highest BCUT2D eigenvalue weighted by atomic mass is 35.5. The molecule has 4 rings (SSSR count). The molecule has 0 saturated carbocycles. The molecule has 0 fully saturated rings. The zero-order valence-electron chi connectivity index (χ0n) is 16.7. The first-order valence-corrected chi connectivity index (χ1v) is 9.82. The summed E-state index contributed by atoms with van der Waals surface area (Å²) in [4.78, 5) is 39.9. The molecule has 0 aliphatic carbocycles. The molecule has 30 heavy (non-hydrogen) atoms. The van der Waals surface area contributed by atoms with E-state index in [0.29, 0.717) is 16.4 Å². The Balaban J connectivity index is 1.67. The number of nitrogens with zero attached hydrogens (tertiary/aromatic N) is 1. The van der Waals surface area contributed by atoms with Gasteiger partial charge in [-0.05, 0) is 73.9 Å². The summed E-state index contributed by atoms with van der Waals surface area (Å²) in [5.74, 6) is -1.20. The maximum Gasteiger partial charge on any atom is 0.266 e. The molecule has 150 valence electrons. The van der Waals surface area contributed by atoms with Crippen molar-refractivity contribution in [3.63, 3.8) is 0 Å². The predicted octanol–water partition coefficient (Wildman–Crippen LogP) is 5.32. The van der Waals surface area contributed by atoms with E-state index in [0.717, 1.165) is 16.7 Å². The number of anilines is 2. The van der Waals surface area contributed by atoms with Crippen molar-refractivity contribution in [3.05, 3.63) is 93.0 Å². The van der Waals surface area contributed by atoms with Gasteiger partial charge in [-0.3, -0.25) is 14.4 Å². The van der Waals surface area contributed by atoms with Gasteiger partial charge >= 0.3 is 0 Å². The summed E-state index contributed by atoms with van der Waals surface area (Å²) >= 11 is 6.11. The largest absolute Gasteiger partial charge is 0.322 e. The number of benzene rings is 3. The lowest BCUT2D eigenvalue weighted by Gasteiger charge is -2.17. The fourth-order valence-electron chi connectivity index (χ4n) is 3.50. The van der Waals surface area contributed by atoms with Gasteiger partial charge in [0.1, 0.15) is 0 Å². The minimum Gasteiger partial charge on any atom is -0.322 e. The molecule has 1 N–H and O–H groups in total. The number of hydrogen-bond acceptors (Lipinski definition) is 3. The lowest BCUT2D eigenvalue weighted by molar-refractivity contribution is 0.0925. The highest BCUT2D eigenvalue weighted by molar-refractivity contribution is 6.35.